The number of hydrogen-bond donors (Lipinski definition) is 1. The van der Waals surface area contributed by atoms with Crippen LogP contribution < -0.4 is 5.73 Å². The number of nitrogens with zero attached hydrogens (tertiary/aromatic N) is 1. The van der Waals surface area contributed by atoms with Crippen LogP contribution in [0.15, 0.2) is 22.8 Å². The lowest BCUT2D eigenvalue weighted by molar-refractivity contribution is 0.459. The van der Waals surface area contributed by atoms with Crippen molar-refractivity contribution in [3.63, 3.8) is 0 Å². The molecule has 2 aromatic heterocycles. The number of hydrogen-bond acceptors (Lipinski definition) is 4. The van der Waals surface area contributed by atoms with Gasteiger partial charge in [-0.2, -0.15) is 0 Å². The molecule has 98 valence electrons. The number of thiazole rings is 1. The van der Waals surface area contributed by atoms with Crippen LogP contribution in [0.2, 0.25) is 0 Å². The fourth-order valence-corrected chi connectivity index (χ4v) is 3.55. The minimum absolute atomic E-state index is 0. The summed E-state index contributed by atoms with van der Waals surface area (Å²) >= 11 is 1.71. The maximum absolute atomic E-state index is 6.43. The number of rotatable bonds is 2. The molecule has 3 nitrogen and oxygen atoms in total. The van der Waals surface area contributed by atoms with E-state index in [9.17, 15) is 0 Å². The summed E-state index contributed by atoms with van der Waals surface area (Å²) in [5.74, 6) is 0.839. The Morgan fingerprint density at radius 2 is 2.11 bits per heavy atom. The molecule has 0 spiro atoms. The summed E-state index contributed by atoms with van der Waals surface area (Å²) in [6, 6.07) is 3.84. The zero-order valence-corrected chi connectivity index (χ0v) is 11.9. The van der Waals surface area contributed by atoms with Crippen LogP contribution in [0.5, 0.6) is 0 Å². The molecule has 0 saturated heterocycles. The third kappa shape index (κ3) is 2.20. The molecule has 0 atom stereocenters. The molecule has 3 rings (SSSR count). The average Bonchev–Trinajstić information content (AvgIpc) is 2.97. The van der Waals surface area contributed by atoms with Gasteiger partial charge in [-0.15, -0.1) is 23.7 Å². The molecule has 2 heterocycles. The molecule has 1 saturated carbocycles. The highest BCUT2D eigenvalue weighted by atomic mass is 35.5. The maximum Gasteiger partial charge on any atom is 0.153 e. The van der Waals surface area contributed by atoms with Crippen LogP contribution in [0.3, 0.4) is 0 Å². The third-order valence-electron chi connectivity index (χ3n) is 3.47. The molecule has 18 heavy (non-hydrogen) atoms. The topological polar surface area (TPSA) is 52.0 Å². The van der Waals surface area contributed by atoms with Crippen molar-refractivity contribution >= 4 is 23.7 Å². The van der Waals surface area contributed by atoms with Crippen molar-refractivity contribution in [1.82, 2.24) is 4.98 Å². The van der Waals surface area contributed by atoms with Crippen LogP contribution in [-0.4, -0.2) is 4.98 Å². The third-order valence-corrected chi connectivity index (χ3v) is 4.66. The average molecular weight is 285 g/mol. The number of aryl methyl sites for hydroxylation is 1. The first-order valence-corrected chi connectivity index (χ1v) is 6.81. The first-order chi connectivity index (χ1) is 8.19. The second-order valence-corrected chi connectivity index (χ2v) is 5.97. The Morgan fingerprint density at radius 3 is 2.72 bits per heavy atom. The molecule has 0 aromatic carbocycles. The Balaban J connectivity index is 0.00000120. The molecule has 0 bridgehead atoms. The van der Waals surface area contributed by atoms with E-state index in [0.717, 1.165) is 29.3 Å². The Hall–Kier alpha value is -0.840. The van der Waals surface area contributed by atoms with Gasteiger partial charge in [-0.3, -0.25) is 0 Å². The van der Waals surface area contributed by atoms with E-state index in [4.69, 9.17) is 15.1 Å². The first-order valence-electron chi connectivity index (χ1n) is 6.00. The summed E-state index contributed by atoms with van der Waals surface area (Å²) < 4.78 is 5.41. The van der Waals surface area contributed by atoms with Crippen LogP contribution >= 0.6 is 23.7 Å². The Labute approximate surface area is 117 Å². The lowest BCUT2D eigenvalue weighted by Crippen LogP contribution is -2.32. The monoisotopic (exact) mass is 284 g/mol. The van der Waals surface area contributed by atoms with Gasteiger partial charge in [0, 0.05) is 4.88 Å². The Morgan fingerprint density at radius 1 is 1.39 bits per heavy atom. The SMILES string of the molecule is Cc1sc(C2(N)CCCC2)nc1-c1ccco1.Cl. The van der Waals surface area contributed by atoms with E-state index in [1.54, 1.807) is 17.6 Å². The summed E-state index contributed by atoms with van der Waals surface area (Å²) in [6.07, 6.45) is 6.22. The van der Waals surface area contributed by atoms with Crippen LogP contribution in [0.4, 0.5) is 0 Å². The van der Waals surface area contributed by atoms with Crippen molar-refractivity contribution in [3.05, 3.63) is 28.3 Å². The predicted molar refractivity (Wildman–Crippen MR) is 76.1 cm³/mol. The number of aromatic nitrogens is 1. The van der Waals surface area contributed by atoms with Gasteiger partial charge in [0.2, 0.25) is 0 Å². The van der Waals surface area contributed by atoms with E-state index < -0.39 is 0 Å². The van der Waals surface area contributed by atoms with Crippen molar-refractivity contribution in [1.29, 1.82) is 0 Å². The van der Waals surface area contributed by atoms with Gasteiger partial charge in [0.1, 0.15) is 10.7 Å². The summed E-state index contributed by atoms with van der Waals surface area (Å²) in [7, 11) is 0. The van der Waals surface area contributed by atoms with Crippen LogP contribution in [0, 0.1) is 6.92 Å². The summed E-state index contributed by atoms with van der Waals surface area (Å²) in [5, 5.41) is 1.07. The van der Waals surface area contributed by atoms with E-state index in [-0.39, 0.29) is 17.9 Å². The summed E-state index contributed by atoms with van der Waals surface area (Å²) in [5.41, 5.74) is 7.19. The molecular formula is C13H17ClN2OS. The summed E-state index contributed by atoms with van der Waals surface area (Å²) in [6.45, 7) is 2.08. The minimum Gasteiger partial charge on any atom is -0.463 e. The standard InChI is InChI=1S/C13H16N2OS.ClH/c1-9-11(10-5-4-8-16-10)15-12(17-9)13(14)6-2-3-7-13;/h4-5,8H,2-3,6-7,14H2,1H3;1H. The van der Waals surface area contributed by atoms with E-state index in [1.807, 2.05) is 12.1 Å². The van der Waals surface area contributed by atoms with Crippen LogP contribution in [-0.2, 0) is 5.54 Å². The normalized spacial score (nSPS) is 17.7. The van der Waals surface area contributed by atoms with Gasteiger partial charge in [0.25, 0.3) is 0 Å². The van der Waals surface area contributed by atoms with E-state index in [0.29, 0.717) is 0 Å². The minimum atomic E-state index is -0.194. The van der Waals surface area contributed by atoms with Gasteiger partial charge in [0.05, 0.1) is 11.8 Å². The fraction of sp³-hybridized carbons (Fsp3) is 0.462. The van der Waals surface area contributed by atoms with Gasteiger partial charge in [0.15, 0.2) is 5.76 Å². The molecule has 1 aliphatic carbocycles. The summed E-state index contributed by atoms with van der Waals surface area (Å²) in [4.78, 5) is 5.89. The highest BCUT2D eigenvalue weighted by molar-refractivity contribution is 7.12. The molecule has 1 aliphatic rings. The van der Waals surface area contributed by atoms with Gasteiger partial charge in [-0.05, 0) is 31.9 Å². The van der Waals surface area contributed by atoms with Gasteiger partial charge in [-0.1, -0.05) is 12.8 Å². The van der Waals surface area contributed by atoms with Crippen molar-refractivity contribution in [3.8, 4) is 11.5 Å². The maximum atomic E-state index is 6.43. The molecule has 0 unspecified atom stereocenters. The van der Waals surface area contributed by atoms with Crippen LogP contribution in [0.1, 0.15) is 35.6 Å². The Bertz CT molecular complexity index is 515. The molecule has 2 aromatic rings. The molecule has 5 heteroatoms. The highest BCUT2D eigenvalue weighted by Crippen LogP contribution is 2.40. The fourth-order valence-electron chi connectivity index (χ4n) is 2.47. The lowest BCUT2D eigenvalue weighted by atomic mass is 10.0. The van der Waals surface area contributed by atoms with Gasteiger partial charge in [-0.25, -0.2) is 4.98 Å². The second-order valence-electron chi connectivity index (χ2n) is 4.76. The molecular weight excluding hydrogens is 268 g/mol. The number of furan rings is 1. The quantitative estimate of drug-likeness (QED) is 0.911. The number of halogens is 1. The highest BCUT2D eigenvalue weighted by Gasteiger charge is 2.35. The van der Waals surface area contributed by atoms with E-state index in [1.165, 1.54) is 17.7 Å². The first kappa shape index (κ1) is 13.6. The van der Waals surface area contributed by atoms with E-state index >= 15 is 0 Å². The second kappa shape index (κ2) is 5.03. The van der Waals surface area contributed by atoms with Crippen molar-refractivity contribution in [2.24, 2.45) is 5.73 Å². The lowest BCUT2D eigenvalue weighted by Gasteiger charge is -2.19. The predicted octanol–water partition coefficient (Wildman–Crippen LogP) is 3.86. The van der Waals surface area contributed by atoms with Crippen molar-refractivity contribution < 1.29 is 4.42 Å². The van der Waals surface area contributed by atoms with Crippen LogP contribution in [0.25, 0.3) is 11.5 Å². The molecule has 1 fully saturated rings. The van der Waals surface area contributed by atoms with Crippen molar-refractivity contribution in [2.75, 3.05) is 0 Å². The number of nitrogens with two attached hydrogens (primary N) is 1. The molecule has 0 aliphatic heterocycles. The zero-order chi connectivity index (χ0) is 11.9. The smallest absolute Gasteiger partial charge is 0.153 e. The van der Waals surface area contributed by atoms with Gasteiger partial charge >= 0.3 is 0 Å². The largest absolute Gasteiger partial charge is 0.463 e. The van der Waals surface area contributed by atoms with E-state index in [2.05, 4.69) is 6.92 Å². The Kier molecular flexibility index (Phi) is 3.80. The molecule has 0 radical (unpaired) electrons. The molecule has 2 N–H and O–H groups in total. The van der Waals surface area contributed by atoms with Gasteiger partial charge < -0.3 is 10.2 Å². The zero-order valence-electron chi connectivity index (χ0n) is 10.3. The molecule has 0 amide bonds. The van der Waals surface area contributed by atoms with Crippen molar-refractivity contribution in [2.45, 2.75) is 38.1 Å².